The smallest absolute Gasteiger partial charge is 0.00431 e. The molecule has 0 aliphatic carbocycles. The van der Waals surface area contributed by atoms with E-state index in [2.05, 4.69) is 16.7 Å². The van der Waals surface area contributed by atoms with Crippen LogP contribution in [0.3, 0.4) is 0 Å². The van der Waals surface area contributed by atoms with Crippen LogP contribution in [0.5, 0.6) is 0 Å². The molecule has 0 saturated carbocycles. The average Bonchev–Trinajstić information content (AvgIpc) is 1.37. The molecule has 0 aliphatic rings. The second kappa shape index (κ2) is 3.43. The van der Waals surface area contributed by atoms with Crippen LogP contribution >= 0.6 is 0 Å². The third-order valence-electron chi connectivity index (χ3n) is 0.354. The Kier molecular flexibility index (Phi) is 3.81. The fraction of sp³-hybridized carbons (Fsp3) is 1.00. The molecule has 0 N–H and O–H groups in total. The lowest BCUT2D eigenvalue weighted by Crippen LogP contribution is -1.78. The molecule has 1 radical (unpaired) electrons. The molecule has 0 amide bonds. The Morgan fingerprint density at radius 2 is 2.25 bits per heavy atom. The molecule has 0 aromatic carbocycles. The van der Waals surface area contributed by atoms with Gasteiger partial charge in [0.15, 0.2) is 0 Å². The minimum absolute atomic E-state index is 0.452. The Hall–Kier alpha value is 0.434. The first-order valence-corrected chi connectivity index (χ1v) is 6.71. The van der Waals surface area contributed by atoms with Crippen molar-refractivity contribution in [3.05, 3.63) is 0 Å². The number of hydrogen-bond donors (Lipinski definition) is 0. The molecule has 2 heteroatoms. The summed E-state index contributed by atoms with van der Waals surface area (Å²) in [5, 5.41) is 0. The average molecular weight is 89.3 g/mol. The Morgan fingerprint density at radius 3 is 2.25 bits per heavy atom. The molecule has 0 aromatic rings. The summed E-state index contributed by atoms with van der Waals surface area (Å²) in [6.45, 7) is 2.25. The first-order valence-electron chi connectivity index (χ1n) is 1.71. The van der Waals surface area contributed by atoms with Crippen molar-refractivity contribution in [2.24, 2.45) is 0 Å². The molecule has 25 valence electrons. The van der Waals surface area contributed by atoms with Crippen molar-refractivity contribution in [1.82, 2.24) is 0 Å². The lowest BCUT2D eigenvalue weighted by molar-refractivity contribution is 1.47. The third kappa shape index (κ3) is 2.43. The van der Waals surface area contributed by atoms with Crippen molar-refractivity contribution in [3.63, 3.8) is 0 Å². The fourth-order valence-electron chi connectivity index (χ4n) is 0. The van der Waals surface area contributed by atoms with Gasteiger partial charge in [-0.3, -0.25) is 0 Å². The van der Waals surface area contributed by atoms with E-state index in [0.29, 0.717) is 9.04 Å². The second-order valence-electron chi connectivity index (χ2n) is 0.854. The van der Waals surface area contributed by atoms with Crippen molar-refractivity contribution in [3.8, 4) is 0 Å². The minimum atomic E-state index is 0.452. The van der Waals surface area contributed by atoms with Crippen LogP contribution in [0.4, 0.5) is 0 Å². The lowest BCUT2D eigenvalue weighted by atomic mass is 11.0. The summed E-state index contributed by atoms with van der Waals surface area (Å²) >= 11 is 0. The first-order chi connectivity index (χ1) is 1.91. The molecule has 0 fully saturated rings. The van der Waals surface area contributed by atoms with Crippen LogP contribution in [0, 0.1) is 0 Å². The highest BCUT2D eigenvalue weighted by Gasteiger charge is 1.59. The summed E-state index contributed by atoms with van der Waals surface area (Å²) < 4.78 is 0. The molecule has 0 aliphatic heterocycles. The first kappa shape index (κ1) is 4.43. The van der Waals surface area contributed by atoms with Crippen molar-refractivity contribution in [1.29, 1.82) is 0 Å². The Labute approximate surface area is 32.6 Å². The highest BCUT2D eigenvalue weighted by molar-refractivity contribution is 6.89. The molecule has 0 spiro atoms. The van der Waals surface area contributed by atoms with Gasteiger partial charge in [0.05, 0.1) is 0 Å². The molecule has 0 saturated heterocycles. The standard InChI is InChI=1S/C2H9Si2/c1-2-4-3/h2-4H2,1H3. The highest BCUT2D eigenvalue weighted by Crippen LogP contribution is 1.59. The van der Waals surface area contributed by atoms with Crippen LogP contribution in [-0.2, 0) is 0 Å². The maximum absolute atomic E-state index is 2.25. The topological polar surface area (TPSA) is 0 Å². The Bertz CT molecular complexity index is 6.00. The third-order valence-corrected chi connectivity index (χ3v) is 3.18. The molecule has 0 bridgehead atoms. The van der Waals surface area contributed by atoms with Crippen molar-refractivity contribution < 1.29 is 0 Å². The monoisotopic (exact) mass is 89.0 g/mol. The number of hydrogen-bond acceptors (Lipinski definition) is 0. The predicted molar refractivity (Wildman–Crippen MR) is 27.6 cm³/mol. The second-order valence-corrected chi connectivity index (χ2v) is 4.68. The predicted octanol–water partition coefficient (Wildman–Crippen LogP) is -0.859. The lowest BCUT2D eigenvalue weighted by Gasteiger charge is -1.65. The summed E-state index contributed by atoms with van der Waals surface area (Å²) in [5.41, 5.74) is 0. The van der Waals surface area contributed by atoms with Crippen molar-refractivity contribution in [2.45, 2.75) is 13.0 Å². The van der Waals surface area contributed by atoms with E-state index in [0.717, 1.165) is 0 Å². The summed E-state index contributed by atoms with van der Waals surface area (Å²) in [6.07, 6.45) is 0. The van der Waals surface area contributed by atoms with Gasteiger partial charge >= 0.3 is 0 Å². The number of rotatable bonds is 1. The van der Waals surface area contributed by atoms with Crippen LogP contribution in [0.15, 0.2) is 0 Å². The zero-order chi connectivity index (χ0) is 3.41. The maximum Gasteiger partial charge on any atom is 0.00431 e. The molecule has 0 atom stereocenters. The molecule has 0 unspecified atom stereocenters. The molecular weight excluding hydrogens is 80.2 g/mol. The molecule has 0 nitrogen and oxygen atoms in total. The fourth-order valence-corrected chi connectivity index (χ4v) is 0. The van der Waals surface area contributed by atoms with E-state index in [1.807, 2.05) is 0 Å². The molecular formula is C2H9Si2. The van der Waals surface area contributed by atoms with Gasteiger partial charge in [-0.05, 0) is 9.76 Å². The minimum Gasteiger partial charge on any atom is -0.0685 e. The molecule has 0 rings (SSSR count). The zero-order valence-corrected chi connectivity index (χ0v) is 5.95. The Balaban J connectivity index is 1.97. The van der Waals surface area contributed by atoms with Crippen LogP contribution in [-0.4, -0.2) is 18.8 Å². The van der Waals surface area contributed by atoms with E-state index >= 15 is 0 Å². The summed E-state index contributed by atoms with van der Waals surface area (Å²) in [5.74, 6) is 0. The van der Waals surface area contributed by atoms with E-state index in [1.54, 1.807) is 0 Å². The van der Waals surface area contributed by atoms with Crippen LogP contribution < -0.4 is 0 Å². The van der Waals surface area contributed by atoms with Crippen molar-refractivity contribution >= 4 is 18.8 Å². The van der Waals surface area contributed by atoms with Crippen molar-refractivity contribution in [2.75, 3.05) is 0 Å². The van der Waals surface area contributed by atoms with E-state index in [4.69, 9.17) is 0 Å². The van der Waals surface area contributed by atoms with Gasteiger partial charge in [-0.1, -0.05) is 13.0 Å². The van der Waals surface area contributed by atoms with E-state index < -0.39 is 0 Å². The highest BCUT2D eigenvalue weighted by atomic mass is 29.1. The molecule has 4 heavy (non-hydrogen) atoms. The summed E-state index contributed by atoms with van der Waals surface area (Å²) in [4.78, 5) is 0. The van der Waals surface area contributed by atoms with E-state index in [9.17, 15) is 0 Å². The van der Waals surface area contributed by atoms with E-state index in [1.165, 1.54) is 6.04 Å². The van der Waals surface area contributed by atoms with Gasteiger partial charge < -0.3 is 0 Å². The SMILES string of the molecule is CC[SiH2][SiH2]. The normalized spacial score (nSPS) is 10.5. The Morgan fingerprint density at radius 1 is 2.00 bits per heavy atom. The van der Waals surface area contributed by atoms with Gasteiger partial charge in [-0.25, -0.2) is 0 Å². The molecule has 0 aromatic heterocycles. The van der Waals surface area contributed by atoms with Gasteiger partial charge in [0.1, 0.15) is 0 Å². The van der Waals surface area contributed by atoms with Crippen LogP contribution in [0.2, 0.25) is 6.04 Å². The largest absolute Gasteiger partial charge is 0.0685 e. The van der Waals surface area contributed by atoms with E-state index in [-0.39, 0.29) is 0 Å². The van der Waals surface area contributed by atoms with Crippen LogP contribution in [0.1, 0.15) is 6.92 Å². The maximum atomic E-state index is 2.25. The quantitative estimate of drug-likeness (QED) is 0.367. The van der Waals surface area contributed by atoms with Gasteiger partial charge in [-0.15, -0.1) is 0 Å². The van der Waals surface area contributed by atoms with Gasteiger partial charge in [0, 0.05) is 9.04 Å². The summed E-state index contributed by atoms with van der Waals surface area (Å²) in [6, 6.07) is 1.47. The molecule has 0 heterocycles. The summed E-state index contributed by atoms with van der Waals surface area (Å²) in [7, 11) is 2.61. The van der Waals surface area contributed by atoms with Gasteiger partial charge in [-0.2, -0.15) is 0 Å². The van der Waals surface area contributed by atoms with Gasteiger partial charge in [0.25, 0.3) is 0 Å². The zero-order valence-electron chi connectivity index (χ0n) is 3.12. The van der Waals surface area contributed by atoms with Gasteiger partial charge in [0.2, 0.25) is 0 Å². The van der Waals surface area contributed by atoms with Crippen LogP contribution in [0.25, 0.3) is 0 Å².